The Bertz CT molecular complexity index is 1390. The first kappa shape index (κ1) is 19.5. The highest BCUT2D eigenvalue weighted by Gasteiger charge is 2.19. The summed E-state index contributed by atoms with van der Waals surface area (Å²) in [7, 11) is 0. The molecule has 0 spiro atoms. The van der Waals surface area contributed by atoms with Gasteiger partial charge in [0.1, 0.15) is 4.83 Å². The lowest BCUT2D eigenvalue weighted by Gasteiger charge is -2.04. The first-order valence-electron chi connectivity index (χ1n) is 9.49. The zero-order valence-electron chi connectivity index (χ0n) is 16.4. The van der Waals surface area contributed by atoms with Crippen molar-refractivity contribution in [3.63, 3.8) is 0 Å². The molecule has 1 amide bonds. The Morgan fingerprint density at radius 1 is 1.13 bits per heavy atom. The van der Waals surface area contributed by atoms with E-state index in [0.29, 0.717) is 22.3 Å². The van der Waals surface area contributed by atoms with E-state index in [1.807, 2.05) is 72.3 Å². The molecule has 0 aliphatic rings. The van der Waals surface area contributed by atoms with Crippen LogP contribution < -0.4 is 5.32 Å². The number of carbonyl (C=O) groups excluding carboxylic acids is 1. The van der Waals surface area contributed by atoms with Gasteiger partial charge in [0.15, 0.2) is 0 Å². The lowest BCUT2D eigenvalue weighted by Crippen LogP contribution is -2.10. The topological polar surface area (TPSA) is 85.8 Å². The number of hydrogen-bond acceptors (Lipinski definition) is 6. The van der Waals surface area contributed by atoms with Crippen LogP contribution in [-0.4, -0.2) is 25.9 Å². The molecular formula is C22H16ClN5O2S. The summed E-state index contributed by atoms with van der Waals surface area (Å²) in [5.41, 5.74) is 2.60. The number of nitrogens with zero attached hydrogens (tertiary/aromatic N) is 4. The summed E-state index contributed by atoms with van der Waals surface area (Å²) in [6, 6.07) is 18.9. The van der Waals surface area contributed by atoms with Crippen molar-refractivity contribution in [3.8, 4) is 11.5 Å². The largest absolute Gasteiger partial charge is 0.403 e. The standard InChI is InChI=1S/C22H16ClN5O2S/c1-13-16-11-18(31-21(16)28(27-13)12-15-9-5-6-10-17(15)23)19(29)24-22-26-25-20(30-22)14-7-3-2-4-8-14/h2-11H,12H2,1H3,(H,24,26,29). The lowest BCUT2D eigenvalue weighted by atomic mass is 10.2. The summed E-state index contributed by atoms with van der Waals surface area (Å²) in [4.78, 5) is 14.2. The minimum atomic E-state index is -0.312. The molecule has 5 rings (SSSR count). The molecular weight excluding hydrogens is 434 g/mol. The van der Waals surface area contributed by atoms with Crippen LogP contribution in [0, 0.1) is 6.92 Å². The average molecular weight is 450 g/mol. The second-order valence-electron chi connectivity index (χ2n) is 6.90. The molecule has 0 aliphatic heterocycles. The van der Waals surface area contributed by atoms with E-state index in [1.165, 1.54) is 11.3 Å². The van der Waals surface area contributed by atoms with Gasteiger partial charge >= 0.3 is 6.01 Å². The molecule has 2 aromatic carbocycles. The minimum absolute atomic E-state index is 0.0516. The van der Waals surface area contributed by atoms with Gasteiger partial charge in [-0.3, -0.25) is 14.8 Å². The van der Waals surface area contributed by atoms with E-state index in [1.54, 1.807) is 0 Å². The van der Waals surface area contributed by atoms with Crippen LogP contribution in [0.3, 0.4) is 0 Å². The van der Waals surface area contributed by atoms with E-state index in [9.17, 15) is 4.79 Å². The zero-order valence-corrected chi connectivity index (χ0v) is 17.9. The van der Waals surface area contributed by atoms with Crippen molar-refractivity contribution in [1.29, 1.82) is 0 Å². The maximum absolute atomic E-state index is 12.8. The molecule has 0 radical (unpaired) electrons. The molecule has 1 N–H and O–H groups in total. The van der Waals surface area contributed by atoms with E-state index in [0.717, 1.165) is 27.0 Å². The van der Waals surface area contributed by atoms with Crippen LogP contribution in [0.15, 0.2) is 65.1 Å². The van der Waals surface area contributed by atoms with Crippen molar-refractivity contribution in [2.45, 2.75) is 13.5 Å². The molecule has 0 bridgehead atoms. The zero-order chi connectivity index (χ0) is 21.4. The van der Waals surface area contributed by atoms with Crippen LogP contribution in [0.5, 0.6) is 0 Å². The molecule has 0 fully saturated rings. The fourth-order valence-corrected chi connectivity index (χ4v) is 4.50. The Morgan fingerprint density at radius 3 is 2.71 bits per heavy atom. The highest BCUT2D eigenvalue weighted by Crippen LogP contribution is 2.30. The van der Waals surface area contributed by atoms with Gasteiger partial charge in [-0.05, 0) is 36.8 Å². The van der Waals surface area contributed by atoms with Gasteiger partial charge in [-0.15, -0.1) is 16.4 Å². The lowest BCUT2D eigenvalue weighted by molar-refractivity contribution is 0.102. The maximum Gasteiger partial charge on any atom is 0.322 e. The monoisotopic (exact) mass is 449 g/mol. The number of halogens is 1. The fraction of sp³-hybridized carbons (Fsp3) is 0.0909. The first-order chi connectivity index (χ1) is 15.1. The molecule has 0 unspecified atom stereocenters. The summed E-state index contributed by atoms with van der Waals surface area (Å²) in [5, 5.41) is 16.8. The third-order valence-electron chi connectivity index (χ3n) is 4.78. The van der Waals surface area contributed by atoms with E-state index in [4.69, 9.17) is 16.0 Å². The van der Waals surface area contributed by atoms with Crippen LogP contribution >= 0.6 is 22.9 Å². The Balaban J connectivity index is 1.39. The molecule has 3 aromatic heterocycles. The summed E-state index contributed by atoms with van der Waals surface area (Å²) >= 11 is 7.66. The van der Waals surface area contributed by atoms with Gasteiger partial charge in [-0.1, -0.05) is 53.1 Å². The smallest absolute Gasteiger partial charge is 0.322 e. The Hall–Kier alpha value is -3.49. The number of amides is 1. The molecule has 31 heavy (non-hydrogen) atoms. The van der Waals surface area contributed by atoms with Crippen molar-refractivity contribution < 1.29 is 9.21 Å². The van der Waals surface area contributed by atoms with Gasteiger partial charge in [0, 0.05) is 16.0 Å². The van der Waals surface area contributed by atoms with Gasteiger partial charge < -0.3 is 4.42 Å². The number of thiophene rings is 1. The molecule has 0 atom stereocenters. The van der Waals surface area contributed by atoms with Crippen LogP contribution in [0.2, 0.25) is 5.02 Å². The third kappa shape index (κ3) is 3.83. The van der Waals surface area contributed by atoms with Crippen LogP contribution in [0.25, 0.3) is 21.7 Å². The van der Waals surface area contributed by atoms with Gasteiger partial charge in [-0.2, -0.15) is 5.10 Å². The Labute approximate surface area is 186 Å². The number of hydrogen-bond donors (Lipinski definition) is 1. The fourth-order valence-electron chi connectivity index (χ4n) is 3.25. The van der Waals surface area contributed by atoms with E-state index >= 15 is 0 Å². The summed E-state index contributed by atoms with van der Waals surface area (Å²) in [5.74, 6) is 0.0339. The third-order valence-corrected chi connectivity index (χ3v) is 6.29. The predicted octanol–water partition coefficient (Wildman–Crippen LogP) is 5.41. The van der Waals surface area contributed by atoms with Gasteiger partial charge in [-0.25, -0.2) is 0 Å². The molecule has 7 nitrogen and oxygen atoms in total. The molecule has 3 heterocycles. The summed E-state index contributed by atoms with van der Waals surface area (Å²) in [6.45, 7) is 2.44. The maximum atomic E-state index is 12.8. The number of anilines is 1. The number of carbonyl (C=O) groups is 1. The van der Waals surface area contributed by atoms with Crippen molar-refractivity contribution in [2.24, 2.45) is 0 Å². The number of benzene rings is 2. The number of nitrogens with one attached hydrogen (secondary N) is 1. The minimum Gasteiger partial charge on any atom is -0.403 e. The van der Waals surface area contributed by atoms with Crippen LogP contribution in [0.4, 0.5) is 6.01 Å². The Morgan fingerprint density at radius 2 is 1.90 bits per heavy atom. The second kappa shape index (κ2) is 7.98. The van der Waals surface area contributed by atoms with Crippen molar-refractivity contribution >= 4 is 45.1 Å². The molecule has 0 saturated heterocycles. The van der Waals surface area contributed by atoms with Gasteiger partial charge in [0.05, 0.1) is 17.1 Å². The molecule has 0 aliphatic carbocycles. The highest BCUT2D eigenvalue weighted by atomic mass is 35.5. The predicted molar refractivity (Wildman–Crippen MR) is 121 cm³/mol. The first-order valence-corrected chi connectivity index (χ1v) is 10.7. The number of rotatable bonds is 5. The number of aryl methyl sites for hydroxylation is 1. The van der Waals surface area contributed by atoms with Crippen LogP contribution in [0.1, 0.15) is 20.9 Å². The summed E-state index contributed by atoms with van der Waals surface area (Å²) in [6.07, 6.45) is 0. The van der Waals surface area contributed by atoms with E-state index in [2.05, 4.69) is 20.6 Å². The van der Waals surface area contributed by atoms with E-state index < -0.39 is 0 Å². The van der Waals surface area contributed by atoms with Crippen molar-refractivity contribution in [3.05, 3.63) is 81.8 Å². The average Bonchev–Trinajstić information content (AvgIpc) is 3.48. The summed E-state index contributed by atoms with van der Waals surface area (Å²) < 4.78 is 7.44. The second-order valence-corrected chi connectivity index (χ2v) is 8.33. The molecule has 9 heteroatoms. The highest BCUT2D eigenvalue weighted by molar-refractivity contribution is 7.20. The van der Waals surface area contributed by atoms with E-state index in [-0.39, 0.29) is 11.9 Å². The molecule has 154 valence electrons. The van der Waals surface area contributed by atoms with Gasteiger partial charge in [0.25, 0.3) is 5.91 Å². The molecule has 0 saturated carbocycles. The van der Waals surface area contributed by atoms with Gasteiger partial charge in [0.2, 0.25) is 5.89 Å². The Kier molecular flexibility index (Phi) is 5.01. The van der Waals surface area contributed by atoms with Crippen molar-refractivity contribution in [2.75, 3.05) is 5.32 Å². The number of fused-ring (bicyclic) bond motifs is 1. The molecule has 5 aromatic rings. The quantitative estimate of drug-likeness (QED) is 0.387. The van der Waals surface area contributed by atoms with Crippen molar-refractivity contribution in [1.82, 2.24) is 20.0 Å². The number of aromatic nitrogens is 4. The van der Waals surface area contributed by atoms with Crippen LogP contribution in [-0.2, 0) is 6.54 Å². The normalized spacial score (nSPS) is 11.2. The SMILES string of the molecule is Cc1nn(Cc2ccccc2Cl)c2sc(C(=O)Nc3nnc(-c4ccccc4)o3)cc12.